The number of hydrogen-bond acceptors (Lipinski definition) is 4. The Morgan fingerprint density at radius 2 is 0.655 bits per heavy atom. The van der Waals surface area contributed by atoms with Crippen molar-refractivity contribution in [1.29, 1.82) is 0 Å². The minimum Gasteiger partial charge on any atom is -0.208 e. The summed E-state index contributed by atoms with van der Waals surface area (Å²) in [5.74, 6) is 1.90. The number of aromatic nitrogens is 3. The third kappa shape index (κ3) is 6.19. The fourth-order valence-electron chi connectivity index (χ4n) is 7.51. The summed E-state index contributed by atoms with van der Waals surface area (Å²) in [7, 11) is 0. The second-order valence-corrected chi connectivity index (χ2v) is 14.6. The van der Waals surface area contributed by atoms with Gasteiger partial charge in [-0.05, 0) is 56.6 Å². The predicted octanol–water partition coefficient (Wildman–Crippen LogP) is 13.9. The van der Waals surface area contributed by atoms with E-state index >= 15 is 0 Å². The fraction of sp³-hybridized carbons (Fsp3) is 0. The Balaban J connectivity index is 1.05. The number of fused-ring (bicyclic) bond motifs is 3. The molecule has 3 nitrogen and oxygen atoms in total. The summed E-state index contributed by atoms with van der Waals surface area (Å²) < 4.78 is 2.63. The molecule has 10 aromatic rings. The topological polar surface area (TPSA) is 38.7 Å². The Labute approximate surface area is 323 Å². The van der Waals surface area contributed by atoms with Gasteiger partial charge >= 0.3 is 0 Å². The number of rotatable bonds is 7. The molecule has 0 aliphatic carbocycles. The van der Waals surface area contributed by atoms with E-state index in [1.807, 2.05) is 35.6 Å². The number of hydrogen-bond donors (Lipinski definition) is 0. The Hall–Kier alpha value is -7.01. The lowest BCUT2D eigenvalue weighted by Gasteiger charge is -2.14. The van der Waals surface area contributed by atoms with Gasteiger partial charge in [-0.15, -0.1) is 11.3 Å². The van der Waals surface area contributed by atoms with Crippen molar-refractivity contribution in [3.8, 4) is 78.7 Å². The maximum atomic E-state index is 5.18. The number of thiophene rings is 1. The molecule has 55 heavy (non-hydrogen) atoms. The van der Waals surface area contributed by atoms with Gasteiger partial charge in [0, 0.05) is 36.9 Å². The molecule has 10 rings (SSSR count). The average molecular weight is 720 g/mol. The van der Waals surface area contributed by atoms with Crippen LogP contribution in [-0.2, 0) is 0 Å². The first-order valence-electron chi connectivity index (χ1n) is 18.4. The van der Waals surface area contributed by atoms with Crippen molar-refractivity contribution in [3.05, 3.63) is 200 Å². The first-order valence-corrected chi connectivity index (χ1v) is 19.3. The maximum absolute atomic E-state index is 5.18. The Morgan fingerprint density at radius 3 is 1.24 bits per heavy atom. The molecule has 0 bridgehead atoms. The molecule has 0 fully saturated rings. The minimum absolute atomic E-state index is 0.628. The molecule has 8 aromatic carbocycles. The molecule has 0 N–H and O–H groups in total. The summed E-state index contributed by atoms with van der Waals surface area (Å²) >= 11 is 1.85. The summed E-state index contributed by atoms with van der Waals surface area (Å²) in [6.45, 7) is 0. The molecule has 4 heteroatoms. The van der Waals surface area contributed by atoms with Crippen LogP contribution in [0.15, 0.2) is 200 Å². The highest BCUT2D eigenvalue weighted by Gasteiger charge is 2.18. The Kier molecular flexibility index (Phi) is 8.36. The van der Waals surface area contributed by atoms with Crippen molar-refractivity contribution in [2.24, 2.45) is 0 Å². The number of benzene rings is 8. The highest BCUT2D eigenvalue weighted by Crippen LogP contribution is 2.41. The van der Waals surface area contributed by atoms with Crippen LogP contribution >= 0.6 is 11.3 Å². The molecular formula is C51H33N3S. The summed E-state index contributed by atoms with van der Waals surface area (Å²) in [5.41, 5.74) is 12.0. The predicted molar refractivity (Wildman–Crippen MR) is 231 cm³/mol. The van der Waals surface area contributed by atoms with Crippen molar-refractivity contribution < 1.29 is 0 Å². The van der Waals surface area contributed by atoms with Gasteiger partial charge in [0.2, 0.25) is 0 Å². The normalized spacial score (nSPS) is 11.3. The molecule has 0 amide bonds. The lowest BCUT2D eigenvalue weighted by molar-refractivity contribution is 1.07. The quantitative estimate of drug-likeness (QED) is 0.165. The van der Waals surface area contributed by atoms with Crippen molar-refractivity contribution in [3.63, 3.8) is 0 Å². The average Bonchev–Trinajstić information content (AvgIpc) is 3.66. The zero-order valence-corrected chi connectivity index (χ0v) is 30.6. The van der Waals surface area contributed by atoms with Crippen molar-refractivity contribution in [1.82, 2.24) is 15.0 Å². The van der Waals surface area contributed by atoms with Crippen LogP contribution in [0, 0.1) is 0 Å². The Bertz CT molecular complexity index is 2850. The molecule has 258 valence electrons. The van der Waals surface area contributed by atoms with Crippen LogP contribution in [0.5, 0.6) is 0 Å². The third-order valence-corrected chi connectivity index (χ3v) is 11.4. The fourth-order valence-corrected chi connectivity index (χ4v) is 8.64. The van der Waals surface area contributed by atoms with Crippen molar-refractivity contribution in [2.45, 2.75) is 0 Å². The highest BCUT2D eigenvalue weighted by atomic mass is 32.1. The highest BCUT2D eigenvalue weighted by molar-refractivity contribution is 7.25. The molecule has 0 atom stereocenters. The molecule has 0 saturated carbocycles. The van der Waals surface area contributed by atoms with Gasteiger partial charge in [0.15, 0.2) is 17.5 Å². The van der Waals surface area contributed by atoms with Crippen LogP contribution < -0.4 is 0 Å². The van der Waals surface area contributed by atoms with Gasteiger partial charge in [0.05, 0.1) is 0 Å². The summed E-state index contributed by atoms with van der Waals surface area (Å²) in [6.07, 6.45) is 0. The van der Waals surface area contributed by atoms with E-state index in [2.05, 4.69) is 176 Å². The van der Waals surface area contributed by atoms with Gasteiger partial charge in [-0.3, -0.25) is 0 Å². The van der Waals surface area contributed by atoms with Gasteiger partial charge in [0.25, 0.3) is 0 Å². The summed E-state index contributed by atoms with van der Waals surface area (Å²) in [4.78, 5) is 15.5. The molecule has 2 heterocycles. The monoisotopic (exact) mass is 719 g/mol. The van der Waals surface area contributed by atoms with Crippen LogP contribution in [0.4, 0.5) is 0 Å². The van der Waals surface area contributed by atoms with Gasteiger partial charge in [-0.25, -0.2) is 15.0 Å². The van der Waals surface area contributed by atoms with E-state index in [9.17, 15) is 0 Å². The van der Waals surface area contributed by atoms with E-state index in [4.69, 9.17) is 15.0 Å². The Morgan fingerprint density at radius 1 is 0.255 bits per heavy atom. The van der Waals surface area contributed by atoms with E-state index < -0.39 is 0 Å². The summed E-state index contributed by atoms with van der Waals surface area (Å²) in [6, 6.07) is 70.3. The maximum Gasteiger partial charge on any atom is 0.164 e. The SMILES string of the molecule is c1ccc(-c2ccccc2-c2nc(-c3ccc(-c4ccc(-c5cccc6sc7ccccc7c56)cc4)cc3)nc(-c3ccccc3-c3ccccc3)n2)cc1. The van der Waals surface area contributed by atoms with Crippen molar-refractivity contribution in [2.75, 3.05) is 0 Å². The standard InChI is InChI=1S/C51H33N3S/c1-3-14-36(15-4-1)40-18-7-9-20-43(40)50-52-49(53-51(54-50)44-21-10-8-19-41(44)37-16-5-2-6-17-37)39-32-28-35(29-33-39)34-26-30-38(31-27-34)42-23-13-25-47-48(42)45-22-11-12-24-46(45)55-47/h1-33H. The van der Waals surface area contributed by atoms with E-state index in [0.29, 0.717) is 17.5 Å². The molecule has 0 radical (unpaired) electrons. The van der Waals surface area contributed by atoms with Gasteiger partial charge < -0.3 is 0 Å². The number of nitrogens with zero attached hydrogens (tertiary/aromatic N) is 3. The third-order valence-electron chi connectivity index (χ3n) is 10.2. The second kappa shape index (κ2) is 14.1. The minimum atomic E-state index is 0.628. The lowest BCUT2D eigenvalue weighted by Crippen LogP contribution is -2.02. The molecule has 0 aliphatic heterocycles. The zero-order chi connectivity index (χ0) is 36.6. The van der Waals surface area contributed by atoms with E-state index in [-0.39, 0.29) is 0 Å². The van der Waals surface area contributed by atoms with Crippen LogP contribution in [0.2, 0.25) is 0 Å². The van der Waals surface area contributed by atoms with Crippen LogP contribution in [0.25, 0.3) is 98.8 Å². The first kappa shape index (κ1) is 32.6. The smallest absolute Gasteiger partial charge is 0.164 e. The molecule has 2 aromatic heterocycles. The van der Waals surface area contributed by atoms with E-state index in [1.165, 1.54) is 31.3 Å². The van der Waals surface area contributed by atoms with Crippen LogP contribution in [0.1, 0.15) is 0 Å². The lowest BCUT2D eigenvalue weighted by atomic mass is 9.96. The second-order valence-electron chi connectivity index (χ2n) is 13.6. The van der Waals surface area contributed by atoms with Crippen LogP contribution in [-0.4, -0.2) is 15.0 Å². The molecule has 0 saturated heterocycles. The van der Waals surface area contributed by atoms with Gasteiger partial charge in [-0.1, -0.05) is 188 Å². The molecule has 0 spiro atoms. The van der Waals surface area contributed by atoms with Crippen LogP contribution in [0.3, 0.4) is 0 Å². The van der Waals surface area contributed by atoms with E-state index in [0.717, 1.165) is 50.1 Å². The molecular weight excluding hydrogens is 687 g/mol. The van der Waals surface area contributed by atoms with Crippen molar-refractivity contribution >= 4 is 31.5 Å². The largest absolute Gasteiger partial charge is 0.208 e. The van der Waals surface area contributed by atoms with Gasteiger partial charge in [0.1, 0.15) is 0 Å². The molecule has 0 unspecified atom stereocenters. The zero-order valence-electron chi connectivity index (χ0n) is 29.8. The van der Waals surface area contributed by atoms with E-state index in [1.54, 1.807) is 0 Å². The molecule has 0 aliphatic rings. The summed E-state index contributed by atoms with van der Waals surface area (Å²) in [5, 5.41) is 2.64. The van der Waals surface area contributed by atoms with Gasteiger partial charge in [-0.2, -0.15) is 0 Å². The first-order chi connectivity index (χ1) is 27.3.